The molecule has 0 spiro atoms. The van der Waals surface area contributed by atoms with Crippen LogP contribution in [0.2, 0.25) is 0 Å². The Morgan fingerprint density at radius 1 is 0.409 bits per heavy atom. The van der Waals surface area contributed by atoms with Crippen LogP contribution in [0.4, 0.5) is 0 Å². The van der Waals surface area contributed by atoms with E-state index in [-0.39, 0.29) is 6.61 Å². The minimum atomic E-state index is -0.407. The Labute approximate surface area is 264 Å². The van der Waals surface area contributed by atoms with Gasteiger partial charge in [-0.15, -0.1) is 0 Å². The minimum Gasteiger partial charge on any atom is -0.467 e. The quantitative estimate of drug-likeness (QED) is 0.0707. The number of carbonyl (C=O) groups excluding carboxylic acids is 1. The lowest BCUT2D eigenvalue weighted by Crippen LogP contribution is -2.16. The zero-order valence-electron chi connectivity index (χ0n) is 27.5. The fraction of sp³-hybridized carbons (Fsp3) is 0.967. The van der Waals surface area contributed by atoms with Gasteiger partial charge in [0.1, 0.15) is 6.61 Å². The molecule has 0 saturated heterocycles. The van der Waals surface area contributed by atoms with Crippen molar-refractivity contribution in [1.29, 1.82) is 0 Å². The first-order valence-corrected chi connectivity index (χ1v) is 15.7. The van der Waals surface area contributed by atoms with Gasteiger partial charge in [-0.3, -0.25) is 0 Å². The van der Waals surface area contributed by atoms with E-state index in [1.54, 1.807) is 0 Å². The molecule has 264 valence electrons. The molecule has 0 amide bonds. The van der Waals surface area contributed by atoms with Crippen molar-refractivity contribution in [3.8, 4) is 0 Å². The van der Waals surface area contributed by atoms with Crippen LogP contribution in [-0.2, 0) is 66.4 Å². The largest absolute Gasteiger partial charge is 0.467 e. The summed E-state index contributed by atoms with van der Waals surface area (Å²) in [5.41, 5.74) is 0. The smallest absolute Gasteiger partial charge is 0.331 e. The third kappa shape index (κ3) is 37.2. The van der Waals surface area contributed by atoms with E-state index in [9.17, 15) is 4.79 Å². The van der Waals surface area contributed by atoms with Crippen molar-refractivity contribution in [2.45, 2.75) is 20.3 Å². The highest BCUT2D eigenvalue weighted by atomic mass is 16.6. The Morgan fingerprint density at radius 3 is 0.864 bits per heavy atom. The summed E-state index contributed by atoms with van der Waals surface area (Å²) in [4.78, 5) is 10.9. The second kappa shape index (κ2) is 38.2. The van der Waals surface area contributed by atoms with E-state index in [4.69, 9.17) is 56.8 Å². The Kier molecular flexibility index (Phi) is 37.3. The van der Waals surface area contributed by atoms with Crippen molar-refractivity contribution in [2.24, 2.45) is 5.92 Å². The zero-order valence-corrected chi connectivity index (χ0v) is 27.5. The average molecular weight is 645 g/mol. The lowest BCUT2D eigenvalue weighted by atomic mass is 10.1. The van der Waals surface area contributed by atoms with Crippen molar-refractivity contribution in [3.05, 3.63) is 0 Å². The molecule has 0 radical (unpaired) electrons. The van der Waals surface area contributed by atoms with E-state index in [0.717, 1.165) is 13.0 Å². The molecule has 1 atom stereocenters. The van der Waals surface area contributed by atoms with Crippen LogP contribution in [0.1, 0.15) is 20.3 Å². The second-order valence-electron chi connectivity index (χ2n) is 9.34. The fourth-order valence-electron chi connectivity index (χ4n) is 2.93. The summed E-state index contributed by atoms with van der Waals surface area (Å²) in [5.74, 6) is 0.187. The SMILES string of the molecule is CCC(C)COCCOCCOCCOCCOCCOCCOCCOCCOCCOCCOCCOCC(=O)OC. The molecule has 0 aromatic heterocycles. The summed E-state index contributed by atoms with van der Waals surface area (Å²) >= 11 is 0. The first kappa shape index (κ1) is 43.0. The molecule has 44 heavy (non-hydrogen) atoms. The predicted octanol–water partition coefficient (Wildman–Crippen LogP) is 1.40. The van der Waals surface area contributed by atoms with Crippen LogP contribution < -0.4 is 0 Å². The van der Waals surface area contributed by atoms with Gasteiger partial charge < -0.3 is 61.6 Å². The maximum absolute atomic E-state index is 10.9. The standard InChI is InChI=1S/C30H60O14/c1-4-29(2)27-43-25-23-41-21-19-39-17-15-37-13-11-35-9-7-33-5-6-34-8-10-36-12-14-38-16-18-40-20-22-42-24-26-44-28-30(31)32-3/h29H,4-28H2,1-3H3. The highest BCUT2D eigenvalue weighted by Gasteiger charge is 2.00. The Bertz CT molecular complexity index is 558. The zero-order chi connectivity index (χ0) is 32.0. The van der Waals surface area contributed by atoms with Gasteiger partial charge in [-0.2, -0.15) is 0 Å². The fourth-order valence-corrected chi connectivity index (χ4v) is 2.93. The van der Waals surface area contributed by atoms with E-state index in [0.29, 0.717) is 151 Å². The molecule has 0 aliphatic carbocycles. The molecule has 14 nitrogen and oxygen atoms in total. The molecule has 0 aromatic rings. The maximum atomic E-state index is 10.9. The van der Waals surface area contributed by atoms with E-state index in [2.05, 4.69) is 18.6 Å². The molecular weight excluding hydrogens is 584 g/mol. The Balaban J connectivity index is 3.06. The van der Waals surface area contributed by atoms with E-state index in [1.807, 2.05) is 0 Å². The second-order valence-corrected chi connectivity index (χ2v) is 9.34. The molecule has 0 N–H and O–H groups in total. The van der Waals surface area contributed by atoms with Crippen LogP contribution in [0.3, 0.4) is 0 Å². The summed E-state index contributed by atoms with van der Waals surface area (Å²) < 4.78 is 69.5. The first-order chi connectivity index (χ1) is 21.7. The van der Waals surface area contributed by atoms with Gasteiger partial charge in [-0.1, -0.05) is 20.3 Å². The van der Waals surface area contributed by atoms with Crippen LogP contribution >= 0.6 is 0 Å². The molecule has 0 aliphatic heterocycles. The van der Waals surface area contributed by atoms with Crippen molar-refractivity contribution in [1.82, 2.24) is 0 Å². The predicted molar refractivity (Wildman–Crippen MR) is 161 cm³/mol. The van der Waals surface area contributed by atoms with Crippen molar-refractivity contribution >= 4 is 5.97 Å². The summed E-state index contributed by atoms with van der Waals surface area (Å²) in [6, 6.07) is 0. The van der Waals surface area contributed by atoms with Crippen molar-refractivity contribution in [3.63, 3.8) is 0 Å². The normalized spacial score (nSPS) is 12.2. The molecule has 0 fully saturated rings. The third-order valence-corrected chi connectivity index (χ3v) is 5.64. The molecule has 1 unspecified atom stereocenters. The summed E-state index contributed by atoms with van der Waals surface area (Å²) in [6.07, 6.45) is 1.13. The van der Waals surface area contributed by atoms with Gasteiger partial charge in [0.15, 0.2) is 0 Å². The summed E-state index contributed by atoms with van der Waals surface area (Å²) in [6.45, 7) is 16.1. The molecule has 14 heteroatoms. The topological polar surface area (TPSA) is 137 Å². The van der Waals surface area contributed by atoms with E-state index < -0.39 is 5.97 Å². The number of ether oxygens (including phenoxy) is 13. The van der Waals surface area contributed by atoms with E-state index in [1.165, 1.54) is 7.11 Å². The monoisotopic (exact) mass is 644 g/mol. The number of carbonyl (C=O) groups is 1. The van der Waals surface area contributed by atoms with Gasteiger partial charge in [0, 0.05) is 6.61 Å². The number of methoxy groups -OCH3 is 1. The average Bonchev–Trinajstić information content (AvgIpc) is 3.04. The minimum absolute atomic E-state index is 0.0694. The van der Waals surface area contributed by atoms with Crippen LogP contribution in [0, 0.1) is 5.92 Å². The lowest BCUT2D eigenvalue weighted by molar-refractivity contribution is -0.146. The first-order valence-electron chi connectivity index (χ1n) is 15.7. The van der Waals surface area contributed by atoms with Crippen LogP contribution in [0.25, 0.3) is 0 Å². The highest BCUT2D eigenvalue weighted by molar-refractivity contribution is 5.70. The number of hydrogen-bond donors (Lipinski definition) is 0. The summed E-state index contributed by atoms with van der Waals surface area (Å²) in [7, 11) is 1.32. The molecule has 0 bridgehead atoms. The molecule has 0 saturated carbocycles. The van der Waals surface area contributed by atoms with Gasteiger partial charge in [0.25, 0.3) is 0 Å². The maximum Gasteiger partial charge on any atom is 0.331 e. The number of hydrogen-bond acceptors (Lipinski definition) is 14. The van der Waals surface area contributed by atoms with Crippen molar-refractivity contribution in [2.75, 3.05) is 166 Å². The van der Waals surface area contributed by atoms with Crippen LogP contribution in [0.15, 0.2) is 0 Å². The third-order valence-electron chi connectivity index (χ3n) is 5.64. The van der Waals surface area contributed by atoms with Gasteiger partial charge in [-0.25, -0.2) is 4.79 Å². The number of esters is 1. The van der Waals surface area contributed by atoms with Gasteiger partial charge in [0.2, 0.25) is 0 Å². The van der Waals surface area contributed by atoms with Gasteiger partial charge in [0.05, 0.1) is 152 Å². The molecule has 0 aliphatic rings. The summed E-state index contributed by atoms with van der Waals surface area (Å²) in [5, 5.41) is 0. The Morgan fingerprint density at radius 2 is 0.636 bits per heavy atom. The van der Waals surface area contributed by atoms with E-state index >= 15 is 0 Å². The number of rotatable bonds is 38. The Hall–Kier alpha value is -1.01. The lowest BCUT2D eigenvalue weighted by Gasteiger charge is -2.10. The molecular formula is C30H60O14. The molecule has 0 aromatic carbocycles. The van der Waals surface area contributed by atoms with Crippen molar-refractivity contribution < 1.29 is 66.4 Å². The van der Waals surface area contributed by atoms with Gasteiger partial charge in [-0.05, 0) is 5.92 Å². The van der Waals surface area contributed by atoms with Crippen LogP contribution in [-0.4, -0.2) is 172 Å². The van der Waals surface area contributed by atoms with Crippen LogP contribution in [0.5, 0.6) is 0 Å². The molecule has 0 heterocycles. The van der Waals surface area contributed by atoms with Gasteiger partial charge >= 0.3 is 5.97 Å². The molecule has 0 rings (SSSR count). The highest BCUT2D eigenvalue weighted by Crippen LogP contribution is 2.00.